The number of hydrogen-bond acceptors (Lipinski definition) is 6. The standard InChI is InChI=1S/C29H25F4N3O4S/c1-3-26-34-23-12-18(6-9-25(23)41-26)27(37)36(20-13-21(39-2)15-22(14-20)40-29(31,32)33)24-10-11-35(28(24)38)16-17-4-7-19(30)8-5-17/h1,4-5,7-8,13-15,18,24H,6,9-12,16H2,2H3. The minimum Gasteiger partial charge on any atom is -0.497 e. The normalized spacial score (nSPS) is 18.5. The Bertz CT molecular complexity index is 1500. The molecule has 2 aliphatic rings. The van der Waals surface area contributed by atoms with E-state index in [4.69, 9.17) is 11.2 Å². The number of halogens is 4. The highest BCUT2D eigenvalue weighted by Crippen LogP contribution is 2.37. The summed E-state index contributed by atoms with van der Waals surface area (Å²) in [5, 5.41) is 0.518. The number of aryl methyl sites for hydroxylation is 1. The maximum atomic E-state index is 14.2. The third-order valence-electron chi connectivity index (χ3n) is 7.13. The number of likely N-dealkylation sites (tertiary alicyclic amines) is 1. The van der Waals surface area contributed by atoms with Crippen LogP contribution in [0.3, 0.4) is 0 Å². The summed E-state index contributed by atoms with van der Waals surface area (Å²) in [6.07, 6.45) is 2.08. The average molecular weight is 588 g/mol. The number of aromatic nitrogens is 1. The lowest BCUT2D eigenvalue weighted by Gasteiger charge is -2.33. The van der Waals surface area contributed by atoms with Gasteiger partial charge < -0.3 is 14.4 Å². The van der Waals surface area contributed by atoms with Crippen LogP contribution in [0.25, 0.3) is 0 Å². The van der Waals surface area contributed by atoms with E-state index in [1.165, 1.54) is 41.5 Å². The fourth-order valence-corrected chi connectivity index (χ4v) is 6.16. The average Bonchev–Trinajstić information content (AvgIpc) is 3.51. The molecule has 0 spiro atoms. The van der Waals surface area contributed by atoms with E-state index in [9.17, 15) is 27.2 Å². The summed E-state index contributed by atoms with van der Waals surface area (Å²) in [6, 6.07) is 8.29. The Kier molecular flexibility index (Phi) is 7.91. The lowest BCUT2D eigenvalue weighted by Crippen LogP contribution is -2.48. The van der Waals surface area contributed by atoms with Crippen LogP contribution in [-0.4, -0.2) is 47.8 Å². The number of hydrogen-bond donors (Lipinski definition) is 0. The lowest BCUT2D eigenvalue weighted by molar-refractivity contribution is -0.274. The predicted molar refractivity (Wildman–Crippen MR) is 143 cm³/mol. The monoisotopic (exact) mass is 587 g/mol. The van der Waals surface area contributed by atoms with Crippen LogP contribution in [0, 0.1) is 24.1 Å². The first-order valence-corrected chi connectivity index (χ1v) is 13.6. The SMILES string of the molecule is C#Cc1nc2c(s1)CCC(C(=O)N(c1cc(OC)cc(OC(F)(F)F)c1)C1CCN(Cc3ccc(F)cc3)C1=O)C2. The number of carbonyl (C=O) groups is 2. The number of ether oxygens (including phenoxy) is 2. The van der Waals surface area contributed by atoms with E-state index >= 15 is 0 Å². The molecule has 1 aliphatic carbocycles. The molecule has 0 radical (unpaired) electrons. The predicted octanol–water partition coefficient (Wildman–Crippen LogP) is 5.11. The second-order valence-corrected chi connectivity index (χ2v) is 10.9. The summed E-state index contributed by atoms with van der Waals surface area (Å²) in [7, 11) is 1.28. The van der Waals surface area contributed by atoms with Gasteiger partial charge in [0.1, 0.15) is 23.4 Å². The van der Waals surface area contributed by atoms with Crippen molar-refractivity contribution in [2.45, 2.75) is 44.6 Å². The molecule has 1 fully saturated rings. The van der Waals surface area contributed by atoms with Crippen LogP contribution in [-0.2, 0) is 29.0 Å². The number of benzene rings is 2. The molecule has 1 aromatic heterocycles. The van der Waals surface area contributed by atoms with E-state index in [-0.39, 0.29) is 30.3 Å². The van der Waals surface area contributed by atoms with Gasteiger partial charge in [0, 0.05) is 48.5 Å². The topological polar surface area (TPSA) is 72.0 Å². The van der Waals surface area contributed by atoms with Crippen LogP contribution in [0.1, 0.15) is 34.0 Å². The molecule has 2 aromatic carbocycles. The van der Waals surface area contributed by atoms with E-state index in [0.717, 1.165) is 22.7 Å². The van der Waals surface area contributed by atoms with Gasteiger partial charge in [0.15, 0.2) is 5.01 Å². The summed E-state index contributed by atoms with van der Waals surface area (Å²) < 4.78 is 62.1. The molecule has 2 amide bonds. The molecular weight excluding hydrogens is 562 g/mol. The van der Waals surface area contributed by atoms with Crippen LogP contribution >= 0.6 is 11.3 Å². The highest BCUT2D eigenvalue weighted by molar-refractivity contribution is 7.12. The summed E-state index contributed by atoms with van der Waals surface area (Å²) >= 11 is 1.40. The van der Waals surface area contributed by atoms with Crippen molar-refractivity contribution < 1.29 is 36.6 Å². The third-order valence-corrected chi connectivity index (χ3v) is 8.22. The van der Waals surface area contributed by atoms with Gasteiger partial charge in [0.2, 0.25) is 11.8 Å². The largest absolute Gasteiger partial charge is 0.573 e. The first-order valence-electron chi connectivity index (χ1n) is 12.8. The fraction of sp³-hybridized carbons (Fsp3) is 0.345. The van der Waals surface area contributed by atoms with Crippen LogP contribution in [0.5, 0.6) is 11.5 Å². The number of fused-ring (bicyclic) bond motifs is 1. The molecule has 0 saturated carbocycles. The number of thiazole rings is 1. The Balaban J connectivity index is 1.49. The van der Waals surface area contributed by atoms with Crippen molar-refractivity contribution in [3.8, 4) is 23.8 Å². The molecule has 0 bridgehead atoms. The Labute approximate surface area is 237 Å². The van der Waals surface area contributed by atoms with Gasteiger partial charge in [-0.2, -0.15) is 0 Å². The Morgan fingerprint density at radius 2 is 1.93 bits per heavy atom. The highest BCUT2D eigenvalue weighted by Gasteiger charge is 2.42. The lowest BCUT2D eigenvalue weighted by atomic mass is 9.89. The van der Waals surface area contributed by atoms with Gasteiger partial charge in [-0.3, -0.25) is 14.5 Å². The first kappa shape index (κ1) is 28.4. The number of anilines is 1. The van der Waals surface area contributed by atoms with Gasteiger partial charge in [-0.15, -0.1) is 30.9 Å². The second-order valence-electron chi connectivity index (χ2n) is 9.79. The maximum Gasteiger partial charge on any atom is 0.573 e. The molecule has 2 unspecified atom stereocenters. The molecule has 1 aliphatic heterocycles. The smallest absolute Gasteiger partial charge is 0.497 e. The van der Waals surface area contributed by atoms with Gasteiger partial charge in [-0.25, -0.2) is 9.37 Å². The van der Waals surface area contributed by atoms with E-state index in [0.29, 0.717) is 36.4 Å². The summed E-state index contributed by atoms with van der Waals surface area (Å²) in [6.45, 7) is 0.492. The van der Waals surface area contributed by atoms with E-state index in [1.54, 1.807) is 17.0 Å². The van der Waals surface area contributed by atoms with Gasteiger partial charge in [0.25, 0.3) is 0 Å². The van der Waals surface area contributed by atoms with E-state index < -0.39 is 35.8 Å². The van der Waals surface area contributed by atoms with Gasteiger partial charge in [-0.1, -0.05) is 12.1 Å². The zero-order chi connectivity index (χ0) is 29.3. The minimum absolute atomic E-state index is 0.0252. The molecule has 1 saturated heterocycles. The van der Waals surface area contributed by atoms with Crippen LogP contribution in [0.2, 0.25) is 0 Å². The van der Waals surface area contributed by atoms with Crippen molar-refractivity contribution in [1.29, 1.82) is 0 Å². The van der Waals surface area contributed by atoms with Gasteiger partial charge in [-0.05, 0) is 42.9 Å². The van der Waals surface area contributed by atoms with E-state index in [1.807, 2.05) is 0 Å². The minimum atomic E-state index is -4.98. The molecule has 0 N–H and O–H groups in total. The van der Waals surface area contributed by atoms with Crippen molar-refractivity contribution in [3.63, 3.8) is 0 Å². The van der Waals surface area contributed by atoms with Crippen LogP contribution in [0.15, 0.2) is 42.5 Å². The molecule has 41 heavy (non-hydrogen) atoms. The van der Waals surface area contributed by atoms with Gasteiger partial charge in [0.05, 0.1) is 18.5 Å². The van der Waals surface area contributed by atoms with Crippen molar-refractivity contribution in [2.75, 3.05) is 18.6 Å². The number of alkyl halides is 3. The number of rotatable bonds is 7. The number of amides is 2. The van der Waals surface area contributed by atoms with Crippen LogP contribution in [0.4, 0.5) is 23.2 Å². The summed E-state index contributed by atoms with van der Waals surface area (Å²) in [4.78, 5) is 36.1. The van der Waals surface area contributed by atoms with Crippen molar-refractivity contribution >= 4 is 28.8 Å². The molecular formula is C29H25F4N3O4S. The summed E-state index contributed by atoms with van der Waals surface area (Å²) in [5.41, 5.74) is 1.46. The molecule has 3 aromatic rings. The number of terminal acetylenes is 1. The Hall–Kier alpha value is -4.11. The zero-order valence-corrected chi connectivity index (χ0v) is 22.7. The molecule has 7 nitrogen and oxygen atoms in total. The van der Waals surface area contributed by atoms with Crippen LogP contribution < -0.4 is 14.4 Å². The molecule has 2 atom stereocenters. The molecule has 12 heteroatoms. The maximum absolute atomic E-state index is 14.2. The van der Waals surface area contributed by atoms with Crippen molar-refractivity contribution in [3.05, 3.63) is 69.4 Å². The second kappa shape index (κ2) is 11.4. The molecule has 5 rings (SSSR count). The first-order chi connectivity index (χ1) is 19.5. The number of methoxy groups -OCH3 is 1. The molecule has 2 heterocycles. The fourth-order valence-electron chi connectivity index (χ4n) is 5.24. The van der Waals surface area contributed by atoms with E-state index in [2.05, 4.69) is 15.6 Å². The van der Waals surface area contributed by atoms with Crippen molar-refractivity contribution in [2.24, 2.45) is 5.92 Å². The Morgan fingerprint density at radius 1 is 1.20 bits per heavy atom. The van der Waals surface area contributed by atoms with Gasteiger partial charge >= 0.3 is 6.36 Å². The number of carbonyl (C=O) groups excluding carboxylic acids is 2. The quantitative estimate of drug-likeness (QED) is 0.284. The Morgan fingerprint density at radius 3 is 2.61 bits per heavy atom. The highest BCUT2D eigenvalue weighted by atomic mass is 32.1. The summed E-state index contributed by atoms with van der Waals surface area (Å²) in [5.74, 6) is 0.186. The molecule has 214 valence electrons. The van der Waals surface area contributed by atoms with Crippen molar-refractivity contribution in [1.82, 2.24) is 9.88 Å². The third kappa shape index (κ3) is 6.30. The number of nitrogens with zero attached hydrogens (tertiary/aromatic N) is 3. The zero-order valence-electron chi connectivity index (χ0n) is 21.9.